The smallest absolute Gasteiger partial charge is 0.293 e. The van der Waals surface area contributed by atoms with Crippen LogP contribution in [0.15, 0.2) is 23.1 Å². The summed E-state index contributed by atoms with van der Waals surface area (Å²) >= 11 is 0. The molecule has 2 saturated heterocycles. The van der Waals surface area contributed by atoms with Crippen LogP contribution in [0.3, 0.4) is 0 Å². The highest BCUT2D eigenvalue weighted by molar-refractivity contribution is 7.89. The summed E-state index contributed by atoms with van der Waals surface area (Å²) in [4.78, 5) is 13.0. The van der Waals surface area contributed by atoms with Crippen LogP contribution in [0, 0.1) is 10.1 Å². The Morgan fingerprint density at radius 3 is 2.62 bits per heavy atom. The molecule has 2 aliphatic heterocycles. The van der Waals surface area contributed by atoms with Crippen LogP contribution in [0.1, 0.15) is 19.3 Å². The van der Waals surface area contributed by atoms with Crippen LogP contribution in [0.2, 0.25) is 0 Å². The average molecular weight is 354 g/mol. The minimum Gasteiger partial charge on any atom is -0.364 e. The lowest BCUT2D eigenvalue weighted by Gasteiger charge is -2.26. The molecule has 0 amide bonds. The second kappa shape index (κ2) is 6.30. The number of rotatable bonds is 4. The molecule has 0 aromatic heterocycles. The van der Waals surface area contributed by atoms with Crippen molar-refractivity contribution < 1.29 is 13.3 Å². The topological polar surface area (TPSA) is 95.8 Å². The van der Waals surface area contributed by atoms with Gasteiger partial charge in [-0.3, -0.25) is 10.1 Å². The normalized spacial score (nSPS) is 24.2. The maximum Gasteiger partial charge on any atom is 0.293 e. The molecule has 132 valence electrons. The van der Waals surface area contributed by atoms with Crippen LogP contribution in [0.5, 0.6) is 0 Å². The van der Waals surface area contributed by atoms with Crippen molar-refractivity contribution in [1.29, 1.82) is 0 Å². The van der Waals surface area contributed by atoms with Gasteiger partial charge in [0.25, 0.3) is 5.69 Å². The van der Waals surface area contributed by atoms with E-state index >= 15 is 0 Å². The van der Waals surface area contributed by atoms with E-state index in [1.54, 1.807) is 6.07 Å². The number of benzene rings is 1. The van der Waals surface area contributed by atoms with E-state index < -0.39 is 14.9 Å². The molecule has 2 unspecified atom stereocenters. The minimum absolute atomic E-state index is 0.0579. The average Bonchev–Trinajstić information content (AvgIpc) is 2.85. The van der Waals surface area contributed by atoms with Crippen LogP contribution in [0.25, 0.3) is 0 Å². The number of nitro benzene ring substituents is 1. The molecule has 0 aliphatic carbocycles. The maximum atomic E-state index is 12.2. The van der Waals surface area contributed by atoms with E-state index in [4.69, 9.17) is 0 Å². The Bertz CT molecular complexity index is 750. The quantitative estimate of drug-likeness (QED) is 0.644. The lowest BCUT2D eigenvalue weighted by Crippen LogP contribution is -2.35. The predicted molar refractivity (Wildman–Crippen MR) is 90.7 cm³/mol. The van der Waals surface area contributed by atoms with E-state index in [0.29, 0.717) is 24.3 Å². The van der Waals surface area contributed by atoms with Crippen molar-refractivity contribution in [1.82, 2.24) is 9.62 Å². The molecular weight excluding hydrogens is 332 g/mol. The number of nitrogens with zero attached hydrogens (tertiary/aromatic N) is 3. The molecule has 2 bridgehead atoms. The molecule has 9 heteroatoms. The molecule has 2 atom stereocenters. The van der Waals surface area contributed by atoms with Crippen LogP contribution in [0.4, 0.5) is 11.4 Å². The number of nitrogens with one attached hydrogen (secondary N) is 1. The fourth-order valence-electron chi connectivity index (χ4n) is 3.45. The summed E-state index contributed by atoms with van der Waals surface area (Å²) < 4.78 is 25.5. The standard InChI is InChI=1S/C15H22N4O4S/c1-17(2)24(22,23)13-5-6-14(15(9-13)19(20)21)18-8-7-11-3-4-12(10-18)16-11/h5-6,9,11-12,16H,3-4,7-8,10H2,1-2H3. The Hall–Kier alpha value is -1.71. The van der Waals surface area contributed by atoms with Gasteiger partial charge in [0.1, 0.15) is 5.69 Å². The predicted octanol–water partition coefficient (Wildman–Crippen LogP) is 1.18. The van der Waals surface area contributed by atoms with Crippen LogP contribution >= 0.6 is 0 Å². The van der Waals surface area contributed by atoms with E-state index in [2.05, 4.69) is 5.32 Å². The number of fused-ring (bicyclic) bond motifs is 2. The van der Waals surface area contributed by atoms with Gasteiger partial charge in [-0.25, -0.2) is 12.7 Å². The van der Waals surface area contributed by atoms with E-state index in [1.165, 1.54) is 26.2 Å². The summed E-state index contributed by atoms with van der Waals surface area (Å²) in [6.07, 6.45) is 3.16. The SMILES string of the molecule is CN(C)S(=O)(=O)c1ccc(N2CCC3CCC(C2)N3)c([N+](=O)[O-])c1. The van der Waals surface area contributed by atoms with Gasteiger partial charge in [0, 0.05) is 45.3 Å². The minimum atomic E-state index is -3.70. The molecule has 8 nitrogen and oxygen atoms in total. The summed E-state index contributed by atoms with van der Waals surface area (Å²) in [5.41, 5.74) is 0.336. The van der Waals surface area contributed by atoms with E-state index in [-0.39, 0.29) is 10.6 Å². The van der Waals surface area contributed by atoms with E-state index in [9.17, 15) is 18.5 Å². The molecule has 2 fully saturated rings. The van der Waals surface area contributed by atoms with Crippen molar-refractivity contribution in [3.8, 4) is 0 Å². The van der Waals surface area contributed by atoms with Gasteiger partial charge in [0.15, 0.2) is 0 Å². The highest BCUT2D eigenvalue weighted by Gasteiger charge is 2.32. The first-order valence-electron chi connectivity index (χ1n) is 8.01. The molecule has 1 aromatic rings. The van der Waals surface area contributed by atoms with Gasteiger partial charge in [-0.05, 0) is 31.4 Å². The summed E-state index contributed by atoms with van der Waals surface area (Å²) in [6, 6.07) is 5.00. The Labute approximate surface area is 141 Å². The van der Waals surface area contributed by atoms with Crippen molar-refractivity contribution in [2.75, 3.05) is 32.1 Å². The molecule has 2 heterocycles. The zero-order valence-corrected chi connectivity index (χ0v) is 14.6. The number of sulfonamides is 1. The summed E-state index contributed by atoms with van der Waals surface area (Å²) in [7, 11) is -0.880. The second-order valence-electron chi connectivity index (χ2n) is 6.57. The lowest BCUT2D eigenvalue weighted by molar-refractivity contribution is -0.384. The van der Waals surface area contributed by atoms with Crippen molar-refractivity contribution in [3.05, 3.63) is 28.3 Å². The van der Waals surface area contributed by atoms with E-state index in [0.717, 1.165) is 30.1 Å². The molecule has 24 heavy (non-hydrogen) atoms. The monoisotopic (exact) mass is 354 g/mol. The molecule has 0 spiro atoms. The van der Waals surface area contributed by atoms with Crippen molar-refractivity contribution in [3.63, 3.8) is 0 Å². The largest absolute Gasteiger partial charge is 0.364 e. The molecule has 1 aromatic carbocycles. The molecule has 0 radical (unpaired) electrons. The Balaban J connectivity index is 1.98. The van der Waals surface area contributed by atoms with Gasteiger partial charge >= 0.3 is 0 Å². The zero-order valence-electron chi connectivity index (χ0n) is 13.8. The summed E-state index contributed by atoms with van der Waals surface area (Å²) in [5.74, 6) is 0. The third-order valence-corrected chi connectivity index (χ3v) is 6.60. The van der Waals surface area contributed by atoms with Crippen LogP contribution in [-0.4, -0.2) is 56.9 Å². The Morgan fingerprint density at radius 2 is 1.96 bits per heavy atom. The zero-order chi connectivity index (χ0) is 17.5. The molecule has 1 N–H and O–H groups in total. The Morgan fingerprint density at radius 1 is 1.25 bits per heavy atom. The number of anilines is 1. The first kappa shape index (κ1) is 17.1. The fraction of sp³-hybridized carbons (Fsp3) is 0.600. The van der Waals surface area contributed by atoms with Crippen molar-refractivity contribution in [2.24, 2.45) is 0 Å². The van der Waals surface area contributed by atoms with Crippen molar-refractivity contribution in [2.45, 2.75) is 36.2 Å². The van der Waals surface area contributed by atoms with Gasteiger partial charge < -0.3 is 10.2 Å². The number of hydrogen-bond donors (Lipinski definition) is 1. The Kier molecular flexibility index (Phi) is 4.50. The maximum absolute atomic E-state index is 12.2. The highest BCUT2D eigenvalue weighted by Crippen LogP contribution is 2.34. The van der Waals surface area contributed by atoms with Gasteiger partial charge in [-0.15, -0.1) is 0 Å². The van der Waals surface area contributed by atoms with Gasteiger partial charge in [-0.1, -0.05) is 0 Å². The first-order valence-corrected chi connectivity index (χ1v) is 9.45. The van der Waals surface area contributed by atoms with Gasteiger partial charge in [0.2, 0.25) is 10.0 Å². The molecular formula is C15H22N4O4S. The number of hydrogen-bond acceptors (Lipinski definition) is 6. The second-order valence-corrected chi connectivity index (χ2v) is 8.72. The van der Waals surface area contributed by atoms with E-state index in [1.807, 2.05) is 4.90 Å². The molecule has 0 saturated carbocycles. The molecule has 2 aliphatic rings. The first-order chi connectivity index (χ1) is 11.3. The van der Waals surface area contributed by atoms with Crippen molar-refractivity contribution >= 4 is 21.4 Å². The summed E-state index contributed by atoms with van der Waals surface area (Å²) in [5, 5.41) is 15.1. The summed E-state index contributed by atoms with van der Waals surface area (Å²) in [6.45, 7) is 1.44. The highest BCUT2D eigenvalue weighted by atomic mass is 32.2. The third kappa shape index (κ3) is 3.11. The molecule has 3 rings (SSSR count). The fourth-order valence-corrected chi connectivity index (χ4v) is 4.37. The van der Waals surface area contributed by atoms with Crippen LogP contribution in [-0.2, 0) is 10.0 Å². The lowest BCUT2D eigenvalue weighted by atomic mass is 10.1. The third-order valence-electron chi connectivity index (χ3n) is 4.79. The van der Waals surface area contributed by atoms with Gasteiger partial charge in [-0.2, -0.15) is 0 Å². The number of nitro groups is 1. The van der Waals surface area contributed by atoms with Crippen LogP contribution < -0.4 is 10.2 Å². The van der Waals surface area contributed by atoms with Gasteiger partial charge in [0.05, 0.1) is 9.82 Å².